The number of aromatic amines is 1. The number of amidine groups is 1. The Kier molecular flexibility index (Phi) is 13.2. The molecule has 1 fully saturated rings. The van der Waals surface area contributed by atoms with Gasteiger partial charge in [0.1, 0.15) is 17.3 Å². The van der Waals surface area contributed by atoms with E-state index < -0.39 is 5.60 Å². The van der Waals surface area contributed by atoms with Gasteiger partial charge in [-0.1, -0.05) is 24.6 Å². The first-order valence-corrected chi connectivity index (χ1v) is 14.4. The van der Waals surface area contributed by atoms with Crippen LogP contribution in [0.3, 0.4) is 0 Å². The Hall–Kier alpha value is -4.15. The zero-order valence-electron chi connectivity index (χ0n) is 26.4. The second-order valence-electron chi connectivity index (χ2n) is 11.5. The summed E-state index contributed by atoms with van der Waals surface area (Å²) in [5.41, 5.74) is 2.53. The molecule has 0 aliphatic carbocycles. The molecule has 2 amide bonds. The van der Waals surface area contributed by atoms with Crippen LogP contribution in [0.1, 0.15) is 72.1 Å². The number of hydrogen-bond acceptors (Lipinski definition) is 7. The van der Waals surface area contributed by atoms with E-state index in [0.717, 1.165) is 43.1 Å². The number of aliphatic imine (C=N–C) groups is 2. The van der Waals surface area contributed by atoms with Gasteiger partial charge in [-0.05, 0) is 80.2 Å². The van der Waals surface area contributed by atoms with Gasteiger partial charge < -0.3 is 25.6 Å². The molecule has 11 heteroatoms. The van der Waals surface area contributed by atoms with Crippen molar-refractivity contribution in [1.82, 2.24) is 20.4 Å². The van der Waals surface area contributed by atoms with Crippen molar-refractivity contribution in [3.63, 3.8) is 0 Å². The third kappa shape index (κ3) is 13.0. The van der Waals surface area contributed by atoms with Crippen molar-refractivity contribution in [3.05, 3.63) is 53.5 Å². The quantitative estimate of drug-likeness (QED) is 0.230. The van der Waals surface area contributed by atoms with Crippen LogP contribution in [0.15, 0.2) is 52.2 Å². The number of nitrogens with zero attached hydrogens (tertiary/aromatic N) is 4. The lowest BCUT2D eigenvalue weighted by Crippen LogP contribution is -2.45. The number of aryl methyl sites for hydroxylation is 2. The van der Waals surface area contributed by atoms with Crippen molar-refractivity contribution >= 4 is 36.1 Å². The van der Waals surface area contributed by atoms with Gasteiger partial charge in [0, 0.05) is 55.1 Å². The molecule has 4 N–H and O–H groups in total. The summed E-state index contributed by atoms with van der Waals surface area (Å²) in [6.45, 7) is 20.6. The number of carbonyl (C=O) groups excluding carboxylic acids is 2. The molecule has 0 atom stereocenters. The van der Waals surface area contributed by atoms with Crippen molar-refractivity contribution in [2.24, 2.45) is 9.98 Å². The molecule has 0 unspecified atom stereocenters. The van der Waals surface area contributed by atoms with Crippen LogP contribution in [-0.4, -0.2) is 70.4 Å². The molecule has 3 rings (SSSR count). The lowest BCUT2D eigenvalue weighted by molar-refractivity contribution is -0.115. The fourth-order valence-electron chi connectivity index (χ4n) is 3.97. The normalized spacial score (nSPS) is 14.5. The maximum Gasteiger partial charge on any atom is 0.407 e. The van der Waals surface area contributed by atoms with Crippen LogP contribution in [0.2, 0.25) is 0 Å². The van der Waals surface area contributed by atoms with Crippen LogP contribution in [0.5, 0.6) is 0 Å². The fourth-order valence-corrected chi connectivity index (χ4v) is 3.97. The van der Waals surface area contributed by atoms with Gasteiger partial charge in [-0.25, -0.2) is 9.79 Å². The second kappa shape index (κ2) is 16.3. The van der Waals surface area contributed by atoms with Gasteiger partial charge in [0.2, 0.25) is 5.91 Å². The van der Waals surface area contributed by atoms with E-state index in [9.17, 15) is 9.59 Å². The topological polar surface area (TPSA) is 136 Å². The number of ether oxygens (including phenoxy) is 1. The summed E-state index contributed by atoms with van der Waals surface area (Å²) in [4.78, 5) is 34.0. The molecule has 0 saturated carbocycles. The Bertz CT molecular complexity index is 1220. The molecule has 2 heterocycles. The predicted octanol–water partition coefficient (Wildman–Crippen LogP) is 5.81. The minimum Gasteiger partial charge on any atom is -0.444 e. The summed E-state index contributed by atoms with van der Waals surface area (Å²) in [5.74, 6) is 2.17. The average Bonchev–Trinajstić information content (AvgIpc) is 3.32. The third-order valence-corrected chi connectivity index (χ3v) is 5.98. The number of H-pyrrole nitrogens is 1. The average molecular weight is 581 g/mol. The van der Waals surface area contributed by atoms with Crippen molar-refractivity contribution < 1.29 is 14.3 Å². The Balaban J connectivity index is 0.000000428. The summed E-state index contributed by atoms with van der Waals surface area (Å²) in [6.07, 6.45) is 3.64. The molecule has 0 radical (unpaired) electrons. The highest BCUT2D eigenvalue weighted by atomic mass is 16.6. The SMILES string of the molecule is C=N/C(=C\C(=NC(C)C)Nc1cc(C)[nH]n1)N1CCC(NC(=O)OC(C)(C)C)CC1.CCC(=O)Nc1ccc(C)cc1. The number of rotatable bonds is 8. The van der Waals surface area contributed by atoms with Gasteiger partial charge >= 0.3 is 6.09 Å². The summed E-state index contributed by atoms with van der Waals surface area (Å²) >= 11 is 0. The van der Waals surface area contributed by atoms with E-state index in [0.29, 0.717) is 18.1 Å². The molecule has 1 saturated heterocycles. The molecule has 1 aromatic carbocycles. The van der Waals surface area contributed by atoms with Gasteiger partial charge in [-0.15, -0.1) is 0 Å². The number of benzene rings is 1. The van der Waals surface area contributed by atoms with Crippen LogP contribution < -0.4 is 16.0 Å². The molecular formula is C31H48N8O3. The van der Waals surface area contributed by atoms with Gasteiger partial charge in [-0.3, -0.25) is 14.9 Å². The molecule has 0 bridgehead atoms. The number of hydrogen-bond donors (Lipinski definition) is 4. The van der Waals surface area contributed by atoms with Crippen LogP contribution >= 0.6 is 0 Å². The van der Waals surface area contributed by atoms with E-state index in [2.05, 4.69) is 47.7 Å². The van der Waals surface area contributed by atoms with Gasteiger partial charge in [0.25, 0.3) is 0 Å². The van der Waals surface area contributed by atoms with Crippen LogP contribution in [-0.2, 0) is 9.53 Å². The predicted molar refractivity (Wildman–Crippen MR) is 171 cm³/mol. The summed E-state index contributed by atoms with van der Waals surface area (Å²) in [5, 5.41) is 16.1. The number of likely N-dealkylation sites (tertiary alicyclic amines) is 1. The highest BCUT2D eigenvalue weighted by molar-refractivity contribution is 6.03. The van der Waals surface area contributed by atoms with E-state index in [1.54, 1.807) is 0 Å². The molecule has 2 aromatic rings. The van der Waals surface area contributed by atoms with E-state index in [-0.39, 0.29) is 24.1 Å². The number of piperidine rings is 1. The van der Waals surface area contributed by atoms with Gasteiger partial charge in [0.05, 0.1) is 0 Å². The molecule has 1 aromatic heterocycles. The maximum absolute atomic E-state index is 12.0. The number of amides is 2. The van der Waals surface area contributed by atoms with Crippen molar-refractivity contribution in [3.8, 4) is 0 Å². The molecule has 1 aliphatic rings. The zero-order valence-corrected chi connectivity index (χ0v) is 26.4. The van der Waals surface area contributed by atoms with E-state index >= 15 is 0 Å². The lowest BCUT2D eigenvalue weighted by atomic mass is 10.1. The second-order valence-corrected chi connectivity index (χ2v) is 11.5. The van der Waals surface area contributed by atoms with Crippen molar-refractivity contribution in [2.75, 3.05) is 23.7 Å². The molecule has 11 nitrogen and oxygen atoms in total. The number of anilines is 2. The summed E-state index contributed by atoms with van der Waals surface area (Å²) in [6, 6.07) is 9.87. The highest BCUT2D eigenvalue weighted by Crippen LogP contribution is 2.18. The maximum atomic E-state index is 12.0. The van der Waals surface area contributed by atoms with Crippen LogP contribution in [0, 0.1) is 13.8 Å². The summed E-state index contributed by atoms with van der Waals surface area (Å²) in [7, 11) is 0. The lowest BCUT2D eigenvalue weighted by Gasteiger charge is -2.34. The molecule has 230 valence electrons. The van der Waals surface area contributed by atoms with E-state index in [1.165, 1.54) is 5.56 Å². The first kappa shape index (κ1) is 34.1. The first-order chi connectivity index (χ1) is 19.8. The third-order valence-electron chi connectivity index (χ3n) is 5.98. The van der Waals surface area contributed by atoms with Gasteiger partial charge in [0.15, 0.2) is 5.82 Å². The number of aromatic nitrogens is 2. The summed E-state index contributed by atoms with van der Waals surface area (Å²) < 4.78 is 5.35. The fraction of sp³-hybridized carbons (Fsp3) is 0.516. The highest BCUT2D eigenvalue weighted by Gasteiger charge is 2.24. The van der Waals surface area contributed by atoms with Gasteiger partial charge in [-0.2, -0.15) is 5.10 Å². The van der Waals surface area contributed by atoms with Crippen LogP contribution in [0.4, 0.5) is 16.3 Å². The molecule has 0 spiro atoms. The monoisotopic (exact) mass is 580 g/mol. The Morgan fingerprint density at radius 2 is 1.81 bits per heavy atom. The molecule has 1 aliphatic heterocycles. The Labute approximate surface area is 250 Å². The largest absolute Gasteiger partial charge is 0.444 e. The molecular weight excluding hydrogens is 532 g/mol. The minimum absolute atomic E-state index is 0.0545. The van der Waals surface area contributed by atoms with Crippen molar-refractivity contribution in [2.45, 2.75) is 92.3 Å². The number of carbonyl (C=O) groups is 2. The number of nitrogens with one attached hydrogen (secondary N) is 4. The smallest absolute Gasteiger partial charge is 0.407 e. The Morgan fingerprint density at radius 3 is 2.31 bits per heavy atom. The van der Waals surface area contributed by atoms with Crippen LogP contribution in [0.25, 0.3) is 0 Å². The zero-order chi connectivity index (χ0) is 31.3. The van der Waals surface area contributed by atoms with E-state index in [1.807, 2.05) is 91.8 Å². The van der Waals surface area contributed by atoms with E-state index in [4.69, 9.17) is 4.74 Å². The van der Waals surface area contributed by atoms with Crippen molar-refractivity contribution in [1.29, 1.82) is 0 Å². The Morgan fingerprint density at radius 1 is 1.17 bits per heavy atom. The molecule has 42 heavy (non-hydrogen) atoms. The minimum atomic E-state index is -0.501. The first-order valence-electron chi connectivity index (χ1n) is 14.4. The number of alkyl carbamates (subject to hydrolysis) is 1. The standard InChI is InChI=1S/C21H35N7O2.C10H13NO/c1-14(2)23-17(25-18-12-15(3)26-27-18)13-19(22-7)28-10-8-16(9-11-28)24-20(29)30-21(4,5)6;1-3-10(12)11-9-6-4-8(2)5-7-9/h12-14,16H,7-11H2,1-6H3,(H,24,29)(H2,23,25,26,27);4-7H,3H2,1-2H3,(H,11,12)/b19-13+;.